The van der Waals surface area contributed by atoms with Gasteiger partial charge in [-0.3, -0.25) is 0 Å². The number of phenols is 1. The van der Waals surface area contributed by atoms with Crippen molar-refractivity contribution in [1.29, 1.82) is 0 Å². The van der Waals surface area contributed by atoms with Crippen molar-refractivity contribution >= 4 is 21.4 Å². The van der Waals surface area contributed by atoms with E-state index < -0.39 is 9.84 Å². The summed E-state index contributed by atoms with van der Waals surface area (Å²) >= 11 is 5.77. The predicted molar refractivity (Wildman–Crippen MR) is 55.6 cm³/mol. The molecule has 0 fully saturated rings. The van der Waals surface area contributed by atoms with Gasteiger partial charge in [0.2, 0.25) is 0 Å². The number of benzene rings is 1. The Kier molecular flexibility index (Phi) is 3.07. The lowest BCUT2D eigenvalue weighted by Crippen LogP contribution is -1.99. The molecule has 0 atom stereocenters. The number of aromatic hydroxyl groups is 1. The maximum absolute atomic E-state index is 11.2. The van der Waals surface area contributed by atoms with E-state index in [1.165, 1.54) is 12.1 Å². The average Bonchev–Trinajstić information content (AvgIpc) is 2.06. The summed E-state index contributed by atoms with van der Waals surface area (Å²) in [6.45, 7) is 1.85. The van der Waals surface area contributed by atoms with Crippen molar-refractivity contribution in [2.45, 2.75) is 18.2 Å². The number of hydrogen-bond acceptors (Lipinski definition) is 3. The van der Waals surface area contributed by atoms with Crippen molar-refractivity contribution in [1.82, 2.24) is 0 Å². The molecule has 0 saturated heterocycles. The van der Waals surface area contributed by atoms with Crippen molar-refractivity contribution in [3.05, 3.63) is 22.7 Å². The quantitative estimate of drug-likeness (QED) is 0.852. The van der Waals surface area contributed by atoms with Crippen LogP contribution in [-0.4, -0.2) is 19.8 Å². The van der Waals surface area contributed by atoms with Crippen LogP contribution in [0.5, 0.6) is 5.75 Å². The molecule has 0 spiro atoms. The second-order valence-electron chi connectivity index (χ2n) is 3.04. The van der Waals surface area contributed by atoms with Crippen LogP contribution in [0.4, 0.5) is 0 Å². The zero-order valence-electron chi connectivity index (χ0n) is 7.91. The third-order valence-corrected chi connectivity index (χ3v) is 3.48. The Bertz CT molecular complexity index is 451. The molecule has 0 amide bonds. The first kappa shape index (κ1) is 11.3. The number of phenolic OH excluding ortho intramolecular Hbond substituents is 1. The molecule has 0 aromatic heterocycles. The molecule has 0 aliphatic carbocycles. The highest BCUT2D eigenvalue weighted by Crippen LogP contribution is 2.29. The van der Waals surface area contributed by atoms with Gasteiger partial charge in [-0.2, -0.15) is 0 Å². The molecule has 1 aromatic carbocycles. The van der Waals surface area contributed by atoms with E-state index in [2.05, 4.69) is 0 Å². The van der Waals surface area contributed by atoms with Crippen LogP contribution in [-0.2, 0) is 16.3 Å². The van der Waals surface area contributed by atoms with Crippen LogP contribution in [0.25, 0.3) is 0 Å². The zero-order chi connectivity index (χ0) is 10.9. The van der Waals surface area contributed by atoms with Gasteiger partial charge in [-0.05, 0) is 18.1 Å². The number of hydrogen-bond donors (Lipinski definition) is 1. The molecule has 0 aliphatic heterocycles. The Morgan fingerprint density at radius 3 is 2.43 bits per heavy atom. The van der Waals surface area contributed by atoms with E-state index in [-0.39, 0.29) is 15.7 Å². The second kappa shape index (κ2) is 3.79. The highest BCUT2D eigenvalue weighted by Gasteiger charge is 2.15. The van der Waals surface area contributed by atoms with E-state index in [4.69, 9.17) is 11.6 Å². The summed E-state index contributed by atoms with van der Waals surface area (Å²) in [7, 11) is -3.37. The van der Waals surface area contributed by atoms with Crippen molar-refractivity contribution in [3.8, 4) is 5.75 Å². The highest BCUT2D eigenvalue weighted by atomic mass is 35.5. The van der Waals surface area contributed by atoms with Crippen molar-refractivity contribution in [2.24, 2.45) is 0 Å². The lowest BCUT2D eigenvalue weighted by molar-refractivity contribution is 0.466. The molecule has 0 saturated carbocycles. The van der Waals surface area contributed by atoms with Gasteiger partial charge in [0.25, 0.3) is 0 Å². The number of rotatable bonds is 2. The van der Waals surface area contributed by atoms with Gasteiger partial charge in [-0.25, -0.2) is 8.42 Å². The number of sulfone groups is 1. The normalized spacial score (nSPS) is 11.6. The number of aryl methyl sites for hydroxylation is 1. The SMILES string of the molecule is CCc1cc(Cl)c(S(C)(=O)=O)cc1O. The van der Waals surface area contributed by atoms with Crippen LogP contribution in [0.3, 0.4) is 0 Å². The Labute approximate surface area is 88.2 Å². The van der Waals surface area contributed by atoms with E-state index in [9.17, 15) is 13.5 Å². The van der Waals surface area contributed by atoms with Gasteiger partial charge in [0.05, 0.1) is 9.92 Å². The Balaban J connectivity index is 3.44. The van der Waals surface area contributed by atoms with E-state index in [0.29, 0.717) is 12.0 Å². The molecule has 0 unspecified atom stereocenters. The molecule has 1 N–H and O–H groups in total. The minimum Gasteiger partial charge on any atom is -0.508 e. The molecule has 0 bridgehead atoms. The Hall–Kier alpha value is -0.740. The van der Waals surface area contributed by atoms with Gasteiger partial charge in [0.1, 0.15) is 5.75 Å². The minimum absolute atomic E-state index is 0.0303. The predicted octanol–water partition coefficient (Wildman–Crippen LogP) is 2.01. The fraction of sp³-hybridized carbons (Fsp3) is 0.333. The van der Waals surface area contributed by atoms with E-state index in [1.807, 2.05) is 6.92 Å². The fourth-order valence-electron chi connectivity index (χ4n) is 1.15. The minimum atomic E-state index is -3.37. The summed E-state index contributed by atoms with van der Waals surface area (Å²) in [5.41, 5.74) is 0.641. The fourth-order valence-corrected chi connectivity index (χ4v) is 2.50. The van der Waals surface area contributed by atoms with Gasteiger partial charge < -0.3 is 5.11 Å². The topological polar surface area (TPSA) is 54.4 Å². The zero-order valence-corrected chi connectivity index (χ0v) is 9.48. The summed E-state index contributed by atoms with van der Waals surface area (Å²) in [5, 5.41) is 9.61. The monoisotopic (exact) mass is 234 g/mol. The summed E-state index contributed by atoms with van der Waals surface area (Å²) < 4.78 is 22.4. The van der Waals surface area contributed by atoms with Crippen LogP contribution in [0.15, 0.2) is 17.0 Å². The van der Waals surface area contributed by atoms with E-state index in [1.54, 1.807) is 0 Å². The molecule has 14 heavy (non-hydrogen) atoms. The van der Waals surface area contributed by atoms with Crippen molar-refractivity contribution in [2.75, 3.05) is 6.26 Å². The van der Waals surface area contributed by atoms with E-state index >= 15 is 0 Å². The standard InChI is InChI=1S/C9H11ClO3S/c1-3-6-4-7(10)9(5-8(6)11)14(2,12)13/h4-5,11H,3H2,1-2H3. The molecule has 0 heterocycles. The molecular formula is C9H11ClO3S. The van der Waals surface area contributed by atoms with Crippen LogP contribution in [0, 0.1) is 0 Å². The highest BCUT2D eigenvalue weighted by molar-refractivity contribution is 7.90. The molecule has 3 nitrogen and oxygen atoms in total. The molecule has 78 valence electrons. The largest absolute Gasteiger partial charge is 0.508 e. The third kappa shape index (κ3) is 2.19. The maximum Gasteiger partial charge on any atom is 0.177 e. The lowest BCUT2D eigenvalue weighted by atomic mass is 10.1. The summed E-state index contributed by atoms with van der Waals surface area (Å²) in [5.74, 6) is -0.0303. The summed E-state index contributed by atoms with van der Waals surface area (Å²) in [6.07, 6.45) is 1.66. The first-order valence-corrected chi connectivity index (χ1v) is 6.34. The molecule has 1 rings (SSSR count). The molecule has 1 aromatic rings. The smallest absolute Gasteiger partial charge is 0.177 e. The van der Waals surface area contributed by atoms with Crippen molar-refractivity contribution in [3.63, 3.8) is 0 Å². The van der Waals surface area contributed by atoms with Crippen LogP contribution in [0.1, 0.15) is 12.5 Å². The number of halogens is 1. The van der Waals surface area contributed by atoms with Crippen molar-refractivity contribution < 1.29 is 13.5 Å². The molecule has 0 radical (unpaired) electrons. The maximum atomic E-state index is 11.2. The molecule has 0 aliphatic rings. The summed E-state index contributed by atoms with van der Waals surface area (Å²) in [6, 6.07) is 2.67. The lowest BCUT2D eigenvalue weighted by Gasteiger charge is -2.06. The van der Waals surface area contributed by atoms with Crippen LogP contribution in [0.2, 0.25) is 5.02 Å². The third-order valence-electron chi connectivity index (χ3n) is 1.91. The summed E-state index contributed by atoms with van der Waals surface area (Å²) in [4.78, 5) is -0.0335. The van der Waals surface area contributed by atoms with Gasteiger partial charge in [-0.1, -0.05) is 18.5 Å². The average molecular weight is 235 g/mol. The van der Waals surface area contributed by atoms with Gasteiger partial charge in [0.15, 0.2) is 9.84 Å². The first-order valence-electron chi connectivity index (χ1n) is 4.07. The van der Waals surface area contributed by atoms with Gasteiger partial charge in [-0.15, -0.1) is 0 Å². The van der Waals surface area contributed by atoms with Gasteiger partial charge >= 0.3 is 0 Å². The first-order chi connectivity index (χ1) is 6.36. The molecule has 5 heteroatoms. The van der Waals surface area contributed by atoms with Crippen LogP contribution < -0.4 is 0 Å². The van der Waals surface area contributed by atoms with Gasteiger partial charge in [0, 0.05) is 12.3 Å². The van der Waals surface area contributed by atoms with Crippen LogP contribution >= 0.6 is 11.6 Å². The second-order valence-corrected chi connectivity index (χ2v) is 5.43. The molecular weight excluding hydrogens is 224 g/mol. The Morgan fingerprint density at radius 2 is 2.00 bits per heavy atom. The Morgan fingerprint density at radius 1 is 1.43 bits per heavy atom. The van der Waals surface area contributed by atoms with E-state index in [0.717, 1.165) is 6.26 Å².